The van der Waals surface area contributed by atoms with Gasteiger partial charge in [0.15, 0.2) is 5.82 Å². The zero-order valence-electron chi connectivity index (χ0n) is 11.3. The minimum Gasteiger partial charge on any atom is -0.335 e. The Morgan fingerprint density at radius 2 is 2.10 bits per heavy atom. The molecule has 8 heteroatoms. The number of carbonyl (C=O) groups excluding carboxylic acids is 1. The molecule has 1 unspecified atom stereocenters. The maximum atomic E-state index is 14.2. The van der Waals surface area contributed by atoms with Crippen molar-refractivity contribution < 1.29 is 22.0 Å². The second-order valence-electron chi connectivity index (χ2n) is 4.88. The summed E-state index contributed by atoms with van der Waals surface area (Å²) >= 11 is 0. The highest BCUT2D eigenvalue weighted by Crippen LogP contribution is 2.28. The summed E-state index contributed by atoms with van der Waals surface area (Å²) in [7, 11) is 0.704. The molecule has 116 valence electrons. The van der Waals surface area contributed by atoms with E-state index in [4.69, 9.17) is 10.7 Å². The van der Waals surface area contributed by atoms with E-state index >= 15 is 0 Å². The molecule has 2 rings (SSSR count). The highest BCUT2D eigenvalue weighted by molar-refractivity contribution is 8.13. The minimum absolute atomic E-state index is 0.0902. The van der Waals surface area contributed by atoms with Gasteiger partial charge >= 0.3 is 0 Å². The number of hydrogen-bond acceptors (Lipinski definition) is 3. The predicted molar refractivity (Wildman–Crippen MR) is 73.7 cm³/mol. The zero-order valence-corrected chi connectivity index (χ0v) is 12.8. The molecule has 1 saturated heterocycles. The van der Waals surface area contributed by atoms with Gasteiger partial charge in [0, 0.05) is 23.3 Å². The van der Waals surface area contributed by atoms with Gasteiger partial charge in [0.05, 0.1) is 0 Å². The Hall–Kier alpha value is -1.21. The Kier molecular flexibility index (Phi) is 4.53. The van der Waals surface area contributed by atoms with Crippen molar-refractivity contribution in [2.75, 3.05) is 6.54 Å². The highest BCUT2D eigenvalue weighted by Gasteiger charge is 2.33. The van der Waals surface area contributed by atoms with Crippen LogP contribution in [0.15, 0.2) is 17.0 Å². The number of halogens is 3. The largest absolute Gasteiger partial charge is 0.335 e. The molecule has 1 atom stereocenters. The molecule has 1 fully saturated rings. The summed E-state index contributed by atoms with van der Waals surface area (Å²) in [5.41, 5.74) is -0.864. The molecule has 0 spiro atoms. The van der Waals surface area contributed by atoms with Crippen molar-refractivity contribution in [2.45, 2.75) is 37.1 Å². The fourth-order valence-electron chi connectivity index (χ4n) is 2.59. The van der Waals surface area contributed by atoms with E-state index in [1.54, 1.807) is 0 Å². The quantitative estimate of drug-likeness (QED) is 0.797. The lowest BCUT2D eigenvalue weighted by Crippen LogP contribution is -2.36. The normalized spacial score (nSPS) is 19.0. The van der Waals surface area contributed by atoms with E-state index in [0.29, 0.717) is 19.0 Å². The Labute approximate surface area is 126 Å². The van der Waals surface area contributed by atoms with E-state index in [9.17, 15) is 22.0 Å². The maximum Gasteiger partial charge on any atom is 0.264 e. The summed E-state index contributed by atoms with van der Waals surface area (Å²) in [6, 6.07) is 1.36. The van der Waals surface area contributed by atoms with Crippen molar-refractivity contribution >= 4 is 25.6 Å². The number of likely N-dealkylation sites (tertiary alicyclic amines) is 1. The third kappa shape index (κ3) is 3.03. The molecule has 1 amide bonds. The molecule has 1 aliphatic heterocycles. The summed E-state index contributed by atoms with van der Waals surface area (Å²) in [5, 5.41) is 0. The van der Waals surface area contributed by atoms with Gasteiger partial charge in [-0.1, -0.05) is 6.92 Å². The summed E-state index contributed by atoms with van der Waals surface area (Å²) < 4.78 is 50.6. The molecule has 1 aliphatic rings. The van der Waals surface area contributed by atoms with E-state index in [2.05, 4.69) is 0 Å². The summed E-state index contributed by atoms with van der Waals surface area (Å²) in [4.78, 5) is 12.8. The van der Waals surface area contributed by atoms with Crippen LogP contribution in [0.4, 0.5) is 8.78 Å². The van der Waals surface area contributed by atoms with Crippen molar-refractivity contribution in [1.29, 1.82) is 0 Å². The molecule has 1 aromatic carbocycles. The van der Waals surface area contributed by atoms with E-state index in [1.165, 1.54) is 4.90 Å². The first-order chi connectivity index (χ1) is 9.77. The number of rotatable bonds is 3. The van der Waals surface area contributed by atoms with Gasteiger partial charge in [-0.3, -0.25) is 4.79 Å². The van der Waals surface area contributed by atoms with Gasteiger partial charge in [0.2, 0.25) is 0 Å². The SMILES string of the molecule is CCC1CCCN1C(=O)c1c(F)ccc(S(=O)(=O)Cl)c1F. The molecule has 0 radical (unpaired) electrons. The molecule has 21 heavy (non-hydrogen) atoms. The first kappa shape index (κ1) is 16.2. The van der Waals surface area contributed by atoms with Crippen molar-refractivity contribution in [1.82, 2.24) is 4.90 Å². The Morgan fingerprint density at radius 1 is 1.43 bits per heavy atom. The van der Waals surface area contributed by atoms with Gasteiger partial charge in [0.1, 0.15) is 16.3 Å². The molecule has 0 N–H and O–H groups in total. The fourth-order valence-corrected chi connectivity index (χ4v) is 3.49. The first-order valence-electron chi connectivity index (χ1n) is 6.51. The van der Waals surface area contributed by atoms with Crippen molar-refractivity contribution in [3.63, 3.8) is 0 Å². The Morgan fingerprint density at radius 3 is 2.67 bits per heavy atom. The first-order valence-corrected chi connectivity index (χ1v) is 8.82. The van der Waals surface area contributed by atoms with E-state index in [0.717, 1.165) is 18.9 Å². The van der Waals surface area contributed by atoms with Crippen LogP contribution in [0.5, 0.6) is 0 Å². The van der Waals surface area contributed by atoms with Gasteiger partial charge in [-0.2, -0.15) is 0 Å². The van der Waals surface area contributed by atoms with Crippen LogP contribution in [0, 0.1) is 11.6 Å². The smallest absolute Gasteiger partial charge is 0.264 e. The third-order valence-electron chi connectivity index (χ3n) is 3.64. The summed E-state index contributed by atoms with van der Waals surface area (Å²) in [6.45, 7) is 2.27. The van der Waals surface area contributed by atoms with Gasteiger partial charge in [0.25, 0.3) is 15.0 Å². The van der Waals surface area contributed by atoms with Crippen LogP contribution in [0.1, 0.15) is 36.5 Å². The fraction of sp³-hybridized carbons (Fsp3) is 0.462. The van der Waals surface area contributed by atoms with Crippen LogP contribution < -0.4 is 0 Å². The number of amides is 1. The molecule has 1 heterocycles. The van der Waals surface area contributed by atoms with Crippen molar-refractivity contribution in [2.24, 2.45) is 0 Å². The monoisotopic (exact) mass is 337 g/mol. The number of carbonyl (C=O) groups is 1. The van der Waals surface area contributed by atoms with Gasteiger partial charge in [-0.15, -0.1) is 0 Å². The lowest BCUT2D eigenvalue weighted by Gasteiger charge is -2.24. The van der Waals surface area contributed by atoms with E-state index < -0.39 is 37.1 Å². The van der Waals surface area contributed by atoms with E-state index in [-0.39, 0.29) is 6.04 Å². The zero-order chi connectivity index (χ0) is 15.8. The Balaban J connectivity index is 2.51. The average Bonchev–Trinajstić information content (AvgIpc) is 2.85. The molecule has 0 aromatic heterocycles. The van der Waals surface area contributed by atoms with Crippen molar-refractivity contribution in [3.05, 3.63) is 29.3 Å². The van der Waals surface area contributed by atoms with Crippen LogP contribution in [0.2, 0.25) is 0 Å². The maximum absolute atomic E-state index is 14.2. The van der Waals surface area contributed by atoms with Gasteiger partial charge in [-0.05, 0) is 31.4 Å². The molecule has 0 aliphatic carbocycles. The van der Waals surface area contributed by atoms with Crippen LogP contribution in [-0.2, 0) is 9.05 Å². The number of nitrogens with zero attached hydrogens (tertiary/aromatic N) is 1. The number of benzene rings is 1. The van der Waals surface area contributed by atoms with Crippen LogP contribution in [0.25, 0.3) is 0 Å². The Bertz CT molecular complexity index is 678. The molecular weight excluding hydrogens is 324 g/mol. The lowest BCUT2D eigenvalue weighted by atomic mass is 10.1. The van der Waals surface area contributed by atoms with Crippen LogP contribution >= 0.6 is 10.7 Å². The molecule has 4 nitrogen and oxygen atoms in total. The molecule has 0 saturated carbocycles. The standard InChI is InChI=1S/C13H14ClF2NO3S/c1-2-8-4-3-7-17(8)13(18)11-9(15)5-6-10(12(11)16)21(14,19)20/h5-6,8H,2-4,7H2,1H3. The third-order valence-corrected chi connectivity index (χ3v) is 4.98. The van der Waals surface area contributed by atoms with Gasteiger partial charge < -0.3 is 4.90 Å². The topological polar surface area (TPSA) is 54.5 Å². The predicted octanol–water partition coefficient (Wildman–Crippen LogP) is 2.91. The summed E-state index contributed by atoms with van der Waals surface area (Å²) in [6.07, 6.45) is 2.18. The van der Waals surface area contributed by atoms with Gasteiger partial charge in [-0.25, -0.2) is 17.2 Å². The lowest BCUT2D eigenvalue weighted by molar-refractivity contribution is 0.0723. The minimum atomic E-state index is -4.39. The second kappa shape index (κ2) is 5.88. The molecule has 1 aromatic rings. The summed E-state index contributed by atoms with van der Waals surface area (Å²) in [5.74, 6) is -3.36. The van der Waals surface area contributed by atoms with Crippen molar-refractivity contribution in [3.8, 4) is 0 Å². The molecule has 0 bridgehead atoms. The van der Waals surface area contributed by atoms with Crippen LogP contribution in [-0.4, -0.2) is 31.8 Å². The van der Waals surface area contributed by atoms with Crippen LogP contribution in [0.3, 0.4) is 0 Å². The van der Waals surface area contributed by atoms with E-state index in [1.807, 2.05) is 6.92 Å². The molecular formula is C13H14ClF2NO3S. The number of hydrogen-bond donors (Lipinski definition) is 0. The second-order valence-corrected chi connectivity index (χ2v) is 7.41. The highest BCUT2D eigenvalue weighted by atomic mass is 35.7. The average molecular weight is 338 g/mol.